The van der Waals surface area contributed by atoms with Crippen LogP contribution in [0.4, 0.5) is 4.79 Å². The maximum Gasteiger partial charge on any atom is 0.414 e. The molecule has 0 radical (unpaired) electrons. The number of ether oxygens (including phenoxy) is 1. The number of nitrogens with zero attached hydrogens (tertiary/aromatic N) is 1. The molecule has 3 nitrogen and oxygen atoms in total. The summed E-state index contributed by atoms with van der Waals surface area (Å²) in [5.74, 6) is 0.107. The van der Waals surface area contributed by atoms with Crippen molar-refractivity contribution in [2.45, 2.75) is 5.92 Å². The predicted octanol–water partition coefficient (Wildman–Crippen LogP) is 4.32. The molecular formula is C20H17NO2. The first-order valence-electron chi connectivity index (χ1n) is 7.79. The number of benzene rings is 2. The molecule has 1 aliphatic heterocycles. The summed E-state index contributed by atoms with van der Waals surface area (Å²) < 4.78 is 5.58. The van der Waals surface area contributed by atoms with Crippen LogP contribution in [0.3, 0.4) is 0 Å². The van der Waals surface area contributed by atoms with E-state index in [-0.39, 0.29) is 12.0 Å². The predicted molar refractivity (Wildman–Crippen MR) is 90.1 cm³/mol. The van der Waals surface area contributed by atoms with Gasteiger partial charge in [0.25, 0.3) is 0 Å². The molecule has 2 aliphatic rings. The van der Waals surface area contributed by atoms with Gasteiger partial charge in [0, 0.05) is 18.7 Å². The Morgan fingerprint density at radius 2 is 1.65 bits per heavy atom. The van der Waals surface area contributed by atoms with Crippen LogP contribution in [0.25, 0.3) is 11.1 Å². The Morgan fingerprint density at radius 3 is 2.26 bits per heavy atom. The average Bonchev–Trinajstić information content (AvgIpc) is 2.94. The third-order valence-corrected chi connectivity index (χ3v) is 4.39. The van der Waals surface area contributed by atoms with E-state index in [2.05, 4.69) is 36.4 Å². The number of hydrogen-bond donors (Lipinski definition) is 0. The third kappa shape index (κ3) is 2.44. The molecule has 4 rings (SSSR count). The fourth-order valence-electron chi connectivity index (χ4n) is 3.28. The topological polar surface area (TPSA) is 29.5 Å². The van der Waals surface area contributed by atoms with Crippen LogP contribution < -0.4 is 0 Å². The van der Waals surface area contributed by atoms with Gasteiger partial charge in [0.1, 0.15) is 6.61 Å². The van der Waals surface area contributed by atoms with Gasteiger partial charge in [-0.05, 0) is 28.3 Å². The summed E-state index contributed by atoms with van der Waals surface area (Å²) in [6.45, 7) is 0.925. The molecular weight excluding hydrogens is 286 g/mol. The Labute approximate surface area is 135 Å². The van der Waals surface area contributed by atoms with Gasteiger partial charge in [0.15, 0.2) is 0 Å². The number of carbonyl (C=O) groups is 1. The van der Waals surface area contributed by atoms with Gasteiger partial charge >= 0.3 is 6.09 Å². The maximum absolute atomic E-state index is 12.2. The highest BCUT2D eigenvalue weighted by Crippen LogP contribution is 2.44. The van der Waals surface area contributed by atoms with Crippen LogP contribution in [0.15, 0.2) is 73.0 Å². The maximum atomic E-state index is 12.2. The molecule has 1 amide bonds. The van der Waals surface area contributed by atoms with Crippen molar-refractivity contribution in [3.8, 4) is 11.1 Å². The second-order valence-corrected chi connectivity index (χ2v) is 5.73. The molecule has 2 aromatic carbocycles. The molecule has 0 atom stereocenters. The molecule has 1 aliphatic carbocycles. The van der Waals surface area contributed by atoms with E-state index < -0.39 is 0 Å². The molecule has 0 N–H and O–H groups in total. The van der Waals surface area contributed by atoms with Crippen molar-refractivity contribution in [2.75, 3.05) is 13.2 Å². The van der Waals surface area contributed by atoms with E-state index in [9.17, 15) is 4.79 Å². The van der Waals surface area contributed by atoms with Gasteiger partial charge in [-0.25, -0.2) is 4.79 Å². The summed E-state index contributed by atoms with van der Waals surface area (Å²) >= 11 is 0. The summed E-state index contributed by atoms with van der Waals surface area (Å²) in [5.41, 5.74) is 4.95. The SMILES string of the molecule is O=C(OCC1c2ccccc2-c2ccccc21)N1C=CC=CC1. The van der Waals surface area contributed by atoms with Crippen molar-refractivity contribution in [3.05, 3.63) is 84.1 Å². The van der Waals surface area contributed by atoms with Crippen LogP contribution >= 0.6 is 0 Å². The zero-order valence-electron chi connectivity index (χ0n) is 12.7. The number of fused-ring (bicyclic) bond motifs is 3. The van der Waals surface area contributed by atoms with E-state index in [0.717, 1.165) is 0 Å². The first-order valence-corrected chi connectivity index (χ1v) is 7.79. The average molecular weight is 303 g/mol. The minimum Gasteiger partial charge on any atom is -0.448 e. The molecule has 2 aromatic rings. The van der Waals surface area contributed by atoms with E-state index in [1.807, 2.05) is 30.4 Å². The normalized spacial score (nSPS) is 15.4. The van der Waals surface area contributed by atoms with Gasteiger partial charge in [0.2, 0.25) is 0 Å². The number of allylic oxidation sites excluding steroid dienone is 2. The minimum atomic E-state index is -0.299. The highest BCUT2D eigenvalue weighted by atomic mass is 16.6. The monoisotopic (exact) mass is 303 g/mol. The molecule has 0 bridgehead atoms. The Kier molecular flexibility index (Phi) is 3.46. The first-order chi connectivity index (χ1) is 11.3. The zero-order valence-corrected chi connectivity index (χ0v) is 12.7. The van der Waals surface area contributed by atoms with Crippen molar-refractivity contribution in [3.63, 3.8) is 0 Å². The lowest BCUT2D eigenvalue weighted by Crippen LogP contribution is -2.29. The van der Waals surface area contributed by atoms with Crippen LogP contribution in [0, 0.1) is 0 Å². The van der Waals surface area contributed by atoms with Gasteiger partial charge in [-0.3, -0.25) is 4.90 Å². The smallest absolute Gasteiger partial charge is 0.414 e. The summed E-state index contributed by atoms with van der Waals surface area (Å²) in [5, 5.41) is 0. The van der Waals surface area contributed by atoms with Crippen molar-refractivity contribution >= 4 is 6.09 Å². The van der Waals surface area contributed by atoms with Gasteiger partial charge in [0.05, 0.1) is 0 Å². The number of rotatable bonds is 2. The van der Waals surface area contributed by atoms with Crippen molar-refractivity contribution < 1.29 is 9.53 Å². The third-order valence-electron chi connectivity index (χ3n) is 4.39. The molecule has 114 valence electrons. The molecule has 23 heavy (non-hydrogen) atoms. The van der Waals surface area contributed by atoms with Gasteiger partial charge in [-0.2, -0.15) is 0 Å². The molecule has 0 unspecified atom stereocenters. The standard InChI is InChI=1S/C20H17NO2/c22-20(21-12-6-1-7-13-21)23-14-19-17-10-4-2-8-15(17)16-9-3-5-11-18(16)19/h1-12,19H,13-14H2. The summed E-state index contributed by atoms with van der Waals surface area (Å²) in [6, 6.07) is 16.7. The molecule has 1 heterocycles. The Balaban J connectivity index is 1.56. The first kappa shape index (κ1) is 13.8. The minimum absolute atomic E-state index is 0.107. The van der Waals surface area contributed by atoms with Crippen LogP contribution in [0.1, 0.15) is 17.0 Å². The van der Waals surface area contributed by atoms with E-state index >= 15 is 0 Å². The van der Waals surface area contributed by atoms with Crippen molar-refractivity contribution in [2.24, 2.45) is 0 Å². The highest BCUT2D eigenvalue weighted by molar-refractivity contribution is 5.79. The van der Waals surface area contributed by atoms with Crippen molar-refractivity contribution in [1.82, 2.24) is 4.90 Å². The fourth-order valence-corrected chi connectivity index (χ4v) is 3.28. The molecule has 0 fully saturated rings. The molecule has 0 aromatic heterocycles. The van der Waals surface area contributed by atoms with Gasteiger partial charge < -0.3 is 4.74 Å². The summed E-state index contributed by atoms with van der Waals surface area (Å²) in [6.07, 6.45) is 7.14. The lowest BCUT2D eigenvalue weighted by atomic mass is 9.98. The number of hydrogen-bond acceptors (Lipinski definition) is 2. The lowest BCUT2D eigenvalue weighted by molar-refractivity contribution is 0.117. The van der Waals surface area contributed by atoms with Crippen LogP contribution in [0.2, 0.25) is 0 Å². The van der Waals surface area contributed by atoms with Crippen molar-refractivity contribution in [1.29, 1.82) is 0 Å². The highest BCUT2D eigenvalue weighted by Gasteiger charge is 2.29. The number of amides is 1. The van der Waals surface area contributed by atoms with Gasteiger partial charge in [-0.15, -0.1) is 0 Å². The zero-order chi connectivity index (χ0) is 15.6. The Morgan fingerprint density at radius 1 is 1.00 bits per heavy atom. The summed E-state index contributed by atoms with van der Waals surface area (Å²) in [7, 11) is 0. The van der Waals surface area contributed by atoms with E-state index in [1.165, 1.54) is 22.3 Å². The second kappa shape index (κ2) is 5.76. The summed E-state index contributed by atoms with van der Waals surface area (Å²) in [4.78, 5) is 13.8. The quantitative estimate of drug-likeness (QED) is 0.827. The second-order valence-electron chi connectivity index (χ2n) is 5.73. The van der Waals surface area contributed by atoms with Crippen LogP contribution in [-0.2, 0) is 4.74 Å². The fraction of sp³-hybridized carbons (Fsp3) is 0.150. The number of carbonyl (C=O) groups excluding carboxylic acids is 1. The van der Waals surface area contributed by atoms with E-state index in [1.54, 1.807) is 11.1 Å². The molecule has 3 heteroatoms. The van der Waals surface area contributed by atoms with E-state index in [0.29, 0.717) is 13.2 Å². The van der Waals surface area contributed by atoms with E-state index in [4.69, 9.17) is 4.74 Å². The largest absolute Gasteiger partial charge is 0.448 e. The molecule has 0 saturated heterocycles. The molecule has 0 saturated carbocycles. The molecule has 0 spiro atoms. The van der Waals surface area contributed by atoms with Crippen LogP contribution in [0.5, 0.6) is 0 Å². The lowest BCUT2D eigenvalue weighted by Gasteiger charge is -2.20. The Bertz CT molecular complexity index is 761. The Hall–Kier alpha value is -2.81. The van der Waals surface area contributed by atoms with Gasteiger partial charge in [-0.1, -0.05) is 60.7 Å². The van der Waals surface area contributed by atoms with Crippen LogP contribution in [-0.4, -0.2) is 24.1 Å².